The Balaban J connectivity index is 2.40. The molecular formula is C13H12Cl2O4. The fourth-order valence-corrected chi connectivity index (χ4v) is 2.73. The van der Waals surface area contributed by atoms with Gasteiger partial charge in [-0.25, -0.2) is 4.79 Å². The fourth-order valence-electron chi connectivity index (χ4n) is 2.22. The summed E-state index contributed by atoms with van der Waals surface area (Å²) in [5.41, 5.74) is 1.22. The number of ether oxygens (including phenoxy) is 1. The van der Waals surface area contributed by atoms with Crippen LogP contribution in [0.3, 0.4) is 0 Å². The molecule has 1 aromatic carbocycles. The van der Waals surface area contributed by atoms with Crippen LogP contribution in [0.15, 0.2) is 6.07 Å². The molecular weight excluding hydrogens is 291 g/mol. The molecule has 0 aromatic heterocycles. The van der Waals surface area contributed by atoms with Gasteiger partial charge in [0.05, 0.1) is 5.02 Å². The molecule has 1 aliphatic carbocycles. The van der Waals surface area contributed by atoms with Crippen molar-refractivity contribution >= 4 is 35.0 Å². The van der Waals surface area contributed by atoms with Gasteiger partial charge in [-0.05, 0) is 24.5 Å². The lowest BCUT2D eigenvalue weighted by atomic mass is 10.0. The molecule has 1 atom stereocenters. The minimum absolute atomic E-state index is 0.00538. The van der Waals surface area contributed by atoms with Gasteiger partial charge in [0.1, 0.15) is 10.8 Å². The number of fused-ring (bicyclic) bond motifs is 1. The number of carbonyl (C=O) groups is 2. The minimum atomic E-state index is -1.10. The van der Waals surface area contributed by atoms with E-state index < -0.39 is 12.6 Å². The third-order valence-electron chi connectivity index (χ3n) is 3.18. The Kier molecular flexibility index (Phi) is 4.02. The first-order chi connectivity index (χ1) is 8.95. The van der Waals surface area contributed by atoms with Gasteiger partial charge in [0.15, 0.2) is 12.4 Å². The molecule has 0 unspecified atom stereocenters. The maximum absolute atomic E-state index is 12.1. The molecule has 1 aromatic rings. The first-order valence-electron chi connectivity index (χ1n) is 5.85. The van der Waals surface area contributed by atoms with Crippen LogP contribution >= 0.6 is 23.2 Å². The summed E-state index contributed by atoms with van der Waals surface area (Å²) in [5, 5.41) is 8.84. The van der Waals surface area contributed by atoms with Crippen molar-refractivity contribution in [1.29, 1.82) is 0 Å². The number of benzene rings is 1. The fraction of sp³-hybridized carbons (Fsp3) is 0.385. The van der Waals surface area contributed by atoms with Crippen LogP contribution in [0, 0.1) is 5.92 Å². The predicted molar refractivity (Wildman–Crippen MR) is 71.4 cm³/mol. The summed E-state index contributed by atoms with van der Waals surface area (Å²) >= 11 is 12.1. The van der Waals surface area contributed by atoms with Crippen LogP contribution in [0.1, 0.15) is 29.3 Å². The van der Waals surface area contributed by atoms with E-state index in [0.717, 1.165) is 12.0 Å². The van der Waals surface area contributed by atoms with Crippen molar-refractivity contribution in [3.8, 4) is 5.75 Å². The SMILES string of the molecule is CC[C@@H]1Cc2cc(OCC(=O)O)c(Cl)c(Cl)c2C1=O. The lowest BCUT2D eigenvalue weighted by Gasteiger charge is -2.10. The summed E-state index contributed by atoms with van der Waals surface area (Å²) in [5.74, 6) is -0.986. The first kappa shape index (κ1) is 14.2. The van der Waals surface area contributed by atoms with Crippen molar-refractivity contribution in [2.75, 3.05) is 6.61 Å². The van der Waals surface area contributed by atoms with E-state index >= 15 is 0 Å². The smallest absolute Gasteiger partial charge is 0.341 e. The summed E-state index contributed by atoms with van der Waals surface area (Å²) in [7, 11) is 0. The molecule has 0 bridgehead atoms. The predicted octanol–water partition coefficient (Wildman–Crippen LogP) is 3.22. The molecule has 102 valence electrons. The highest BCUT2D eigenvalue weighted by Crippen LogP contribution is 2.42. The zero-order chi connectivity index (χ0) is 14.2. The molecule has 6 heteroatoms. The number of carboxylic acid groups (broad SMARTS) is 1. The molecule has 0 saturated carbocycles. The van der Waals surface area contributed by atoms with Gasteiger partial charge in [0.25, 0.3) is 0 Å². The van der Waals surface area contributed by atoms with E-state index in [1.807, 2.05) is 6.92 Å². The number of ketones is 1. The Morgan fingerprint density at radius 1 is 1.47 bits per heavy atom. The van der Waals surface area contributed by atoms with E-state index in [4.69, 9.17) is 33.0 Å². The number of aliphatic carboxylic acids is 1. The van der Waals surface area contributed by atoms with Gasteiger partial charge in [-0.1, -0.05) is 30.1 Å². The summed E-state index contributed by atoms with van der Waals surface area (Å²) in [6.07, 6.45) is 1.32. The molecule has 19 heavy (non-hydrogen) atoms. The highest BCUT2D eigenvalue weighted by Gasteiger charge is 2.33. The second-order valence-corrected chi connectivity index (χ2v) is 5.15. The third kappa shape index (κ3) is 2.55. The average molecular weight is 303 g/mol. The standard InChI is InChI=1S/C13H12Cl2O4/c1-2-6-3-7-4-8(19-5-9(16)17)11(14)12(15)10(7)13(6)18/h4,6H,2-3,5H2,1H3,(H,16,17)/t6-/m1/s1. The number of hydrogen-bond donors (Lipinski definition) is 1. The zero-order valence-electron chi connectivity index (χ0n) is 10.2. The Morgan fingerprint density at radius 2 is 2.16 bits per heavy atom. The van der Waals surface area contributed by atoms with Crippen LogP contribution in [-0.2, 0) is 11.2 Å². The number of hydrogen-bond acceptors (Lipinski definition) is 3. The highest BCUT2D eigenvalue weighted by molar-refractivity contribution is 6.45. The van der Waals surface area contributed by atoms with Gasteiger partial charge in [0.2, 0.25) is 0 Å². The summed E-state index contributed by atoms with van der Waals surface area (Å²) in [6, 6.07) is 1.61. The molecule has 0 aliphatic heterocycles. The zero-order valence-corrected chi connectivity index (χ0v) is 11.7. The van der Waals surface area contributed by atoms with Crippen LogP contribution < -0.4 is 4.74 Å². The maximum atomic E-state index is 12.1. The number of carbonyl (C=O) groups excluding carboxylic acids is 1. The number of Topliss-reactive ketones (excluding diaryl/α,β-unsaturated/α-hetero) is 1. The molecule has 4 nitrogen and oxygen atoms in total. The largest absolute Gasteiger partial charge is 0.480 e. The summed E-state index contributed by atoms with van der Waals surface area (Å²) < 4.78 is 5.08. The van der Waals surface area contributed by atoms with E-state index in [9.17, 15) is 9.59 Å². The molecule has 2 rings (SSSR count). The monoisotopic (exact) mass is 302 g/mol. The van der Waals surface area contributed by atoms with Crippen LogP contribution in [0.2, 0.25) is 10.0 Å². The van der Waals surface area contributed by atoms with Crippen LogP contribution in [0.5, 0.6) is 5.75 Å². The Hall–Kier alpha value is -1.26. The van der Waals surface area contributed by atoms with E-state index in [2.05, 4.69) is 0 Å². The Bertz CT molecular complexity index is 554. The van der Waals surface area contributed by atoms with E-state index in [-0.39, 0.29) is 27.5 Å². The second kappa shape index (κ2) is 5.39. The lowest BCUT2D eigenvalue weighted by molar-refractivity contribution is -0.139. The van der Waals surface area contributed by atoms with Crippen LogP contribution in [0.4, 0.5) is 0 Å². The third-order valence-corrected chi connectivity index (χ3v) is 4.03. The molecule has 0 fully saturated rings. The van der Waals surface area contributed by atoms with Crippen molar-refractivity contribution in [2.45, 2.75) is 19.8 Å². The van der Waals surface area contributed by atoms with Gasteiger partial charge in [-0.2, -0.15) is 0 Å². The van der Waals surface area contributed by atoms with Gasteiger partial charge in [-0.3, -0.25) is 4.79 Å². The van der Waals surface area contributed by atoms with Crippen molar-refractivity contribution in [3.05, 3.63) is 27.2 Å². The molecule has 1 N–H and O–H groups in total. The van der Waals surface area contributed by atoms with E-state index in [0.29, 0.717) is 12.0 Å². The van der Waals surface area contributed by atoms with E-state index in [1.54, 1.807) is 6.07 Å². The Labute approximate surface area is 120 Å². The van der Waals surface area contributed by atoms with Gasteiger partial charge in [-0.15, -0.1) is 0 Å². The van der Waals surface area contributed by atoms with Crippen molar-refractivity contribution < 1.29 is 19.4 Å². The molecule has 0 saturated heterocycles. The van der Waals surface area contributed by atoms with Crippen LogP contribution in [-0.4, -0.2) is 23.5 Å². The minimum Gasteiger partial charge on any atom is -0.480 e. The number of rotatable bonds is 4. The molecule has 0 radical (unpaired) electrons. The molecule has 0 heterocycles. The van der Waals surface area contributed by atoms with Crippen molar-refractivity contribution in [3.63, 3.8) is 0 Å². The highest BCUT2D eigenvalue weighted by atomic mass is 35.5. The molecule has 0 spiro atoms. The Morgan fingerprint density at radius 3 is 2.74 bits per heavy atom. The van der Waals surface area contributed by atoms with Crippen molar-refractivity contribution in [1.82, 2.24) is 0 Å². The number of carboxylic acids is 1. The van der Waals surface area contributed by atoms with Crippen molar-refractivity contribution in [2.24, 2.45) is 5.92 Å². The lowest BCUT2D eigenvalue weighted by Crippen LogP contribution is -2.10. The normalized spacial score (nSPS) is 17.4. The molecule has 1 aliphatic rings. The van der Waals surface area contributed by atoms with Gasteiger partial charge >= 0.3 is 5.97 Å². The number of halogens is 2. The maximum Gasteiger partial charge on any atom is 0.341 e. The topological polar surface area (TPSA) is 63.6 Å². The van der Waals surface area contributed by atoms with Gasteiger partial charge in [0, 0.05) is 11.5 Å². The average Bonchev–Trinajstić information content (AvgIpc) is 2.68. The summed E-state index contributed by atoms with van der Waals surface area (Å²) in [6.45, 7) is 1.44. The van der Waals surface area contributed by atoms with Gasteiger partial charge < -0.3 is 9.84 Å². The molecule has 0 amide bonds. The summed E-state index contributed by atoms with van der Waals surface area (Å²) in [4.78, 5) is 22.6. The van der Waals surface area contributed by atoms with E-state index in [1.165, 1.54) is 0 Å². The first-order valence-corrected chi connectivity index (χ1v) is 6.61. The second-order valence-electron chi connectivity index (χ2n) is 4.39. The van der Waals surface area contributed by atoms with Crippen LogP contribution in [0.25, 0.3) is 0 Å². The quantitative estimate of drug-likeness (QED) is 0.927.